The minimum Gasteiger partial charge on any atom is -0.382 e. The number of aryl methyl sites for hydroxylation is 1. The summed E-state index contributed by atoms with van der Waals surface area (Å²) in [6.45, 7) is 4.34. The lowest BCUT2D eigenvalue weighted by Gasteiger charge is -2.13. The van der Waals surface area contributed by atoms with Crippen molar-refractivity contribution in [1.82, 2.24) is 4.57 Å². The number of aliphatic hydroxyl groups is 1. The van der Waals surface area contributed by atoms with Crippen LogP contribution in [0.2, 0.25) is 0 Å². The maximum atomic E-state index is 10.3. The van der Waals surface area contributed by atoms with Crippen molar-refractivity contribution < 1.29 is 5.11 Å². The molecular weight excluding hydrogens is 210 g/mol. The van der Waals surface area contributed by atoms with Gasteiger partial charge < -0.3 is 9.67 Å². The Hall–Kier alpha value is -1.54. The second kappa shape index (κ2) is 4.76. The first kappa shape index (κ1) is 11.9. The molecule has 0 unspecified atom stereocenters. The van der Waals surface area contributed by atoms with Gasteiger partial charge in [0.25, 0.3) is 0 Å². The van der Waals surface area contributed by atoms with E-state index in [2.05, 4.69) is 26.0 Å². The van der Waals surface area contributed by atoms with Crippen LogP contribution in [-0.2, 0) is 7.05 Å². The summed E-state index contributed by atoms with van der Waals surface area (Å²) in [4.78, 5) is 0. The van der Waals surface area contributed by atoms with Gasteiger partial charge >= 0.3 is 0 Å². The van der Waals surface area contributed by atoms with Crippen LogP contribution in [0.1, 0.15) is 42.7 Å². The van der Waals surface area contributed by atoms with Crippen LogP contribution < -0.4 is 0 Å². The number of aliphatic hydroxyl groups excluding tert-OH is 1. The van der Waals surface area contributed by atoms with Crippen molar-refractivity contribution in [3.05, 3.63) is 59.4 Å². The molecule has 1 aromatic heterocycles. The van der Waals surface area contributed by atoms with Gasteiger partial charge in [0.05, 0.1) is 5.69 Å². The van der Waals surface area contributed by atoms with E-state index in [1.807, 2.05) is 42.1 Å². The van der Waals surface area contributed by atoms with E-state index in [-0.39, 0.29) is 0 Å². The maximum Gasteiger partial charge on any atom is 0.119 e. The first-order valence-electron chi connectivity index (χ1n) is 5.98. The highest BCUT2D eigenvalue weighted by Crippen LogP contribution is 2.23. The van der Waals surface area contributed by atoms with Gasteiger partial charge in [0.15, 0.2) is 0 Å². The minimum atomic E-state index is -0.545. The van der Waals surface area contributed by atoms with Crippen LogP contribution in [0.3, 0.4) is 0 Å². The molecule has 90 valence electrons. The van der Waals surface area contributed by atoms with Crippen LogP contribution in [0, 0.1) is 0 Å². The second-order valence-corrected chi connectivity index (χ2v) is 4.77. The summed E-state index contributed by atoms with van der Waals surface area (Å²) in [7, 11) is 1.95. The highest BCUT2D eigenvalue weighted by Gasteiger charge is 2.12. The molecule has 1 atom stereocenters. The van der Waals surface area contributed by atoms with Gasteiger partial charge in [-0.1, -0.05) is 38.1 Å². The smallest absolute Gasteiger partial charge is 0.119 e. The van der Waals surface area contributed by atoms with Gasteiger partial charge in [-0.2, -0.15) is 0 Å². The highest BCUT2D eigenvalue weighted by atomic mass is 16.3. The zero-order valence-corrected chi connectivity index (χ0v) is 10.6. The summed E-state index contributed by atoms with van der Waals surface area (Å²) < 4.78 is 1.95. The van der Waals surface area contributed by atoms with Gasteiger partial charge in [-0.05, 0) is 29.2 Å². The Morgan fingerprint density at radius 2 is 1.59 bits per heavy atom. The van der Waals surface area contributed by atoms with Gasteiger partial charge in [0.1, 0.15) is 6.10 Å². The van der Waals surface area contributed by atoms with E-state index in [0.29, 0.717) is 5.92 Å². The van der Waals surface area contributed by atoms with Crippen molar-refractivity contribution in [3.63, 3.8) is 0 Å². The molecule has 0 bridgehead atoms. The normalized spacial score (nSPS) is 13.0. The quantitative estimate of drug-likeness (QED) is 0.858. The Bertz CT molecular complexity index is 482. The number of nitrogens with zero attached hydrogens (tertiary/aromatic N) is 1. The van der Waals surface area contributed by atoms with Crippen LogP contribution >= 0.6 is 0 Å². The Kier molecular flexibility index (Phi) is 3.34. The molecule has 0 aliphatic heterocycles. The van der Waals surface area contributed by atoms with Crippen molar-refractivity contribution >= 4 is 0 Å². The van der Waals surface area contributed by atoms with Gasteiger partial charge in [-0.25, -0.2) is 0 Å². The summed E-state index contributed by atoms with van der Waals surface area (Å²) >= 11 is 0. The van der Waals surface area contributed by atoms with E-state index in [1.54, 1.807) is 0 Å². The van der Waals surface area contributed by atoms with Crippen molar-refractivity contribution in [2.45, 2.75) is 25.9 Å². The third-order valence-electron chi connectivity index (χ3n) is 3.18. The molecule has 0 radical (unpaired) electrons. The zero-order chi connectivity index (χ0) is 12.4. The molecule has 1 N–H and O–H groups in total. The molecular formula is C15H19NO. The fourth-order valence-electron chi connectivity index (χ4n) is 1.99. The average Bonchev–Trinajstić information content (AvgIpc) is 2.74. The SMILES string of the molecule is CC(C)c1ccc([C@H](O)c2cccn2C)cc1. The molecule has 0 saturated carbocycles. The van der Waals surface area contributed by atoms with E-state index in [4.69, 9.17) is 0 Å². The predicted molar refractivity (Wildman–Crippen MR) is 70.0 cm³/mol. The van der Waals surface area contributed by atoms with Crippen molar-refractivity contribution in [3.8, 4) is 0 Å². The largest absolute Gasteiger partial charge is 0.382 e. The molecule has 2 rings (SSSR count). The molecule has 0 aliphatic carbocycles. The Labute approximate surface area is 103 Å². The van der Waals surface area contributed by atoms with Crippen LogP contribution in [-0.4, -0.2) is 9.67 Å². The lowest BCUT2D eigenvalue weighted by molar-refractivity contribution is 0.211. The fourth-order valence-corrected chi connectivity index (χ4v) is 1.99. The molecule has 0 fully saturated rings. The molecule has 0 spiro atoms. The average molecular weight is 229 g/mol. The first-order valence-corrected chi connectivity index (χ1v) is 5.98. The summed E-state index contributed by atoms with van der Waals surface area (Å²) in [5.41, 5.74) is 3.16. The fraction of sp³-hybridized carbons (Fsp3) is 0.333. The molecule has 2 aromatic rings. The third-order valence-corrected chi connectivity index (χ3v) is 3.18. The van der Waals surface area contributed by atoms with Crippen molar-refractivity contribution in [1.29, 1.82) is 0 Å². The van der Waals surface area contributed by atoms with Crippen LogP contribution in [0.15, 0.2) is 42.6 Å². The lowest BCUT2D eigenvalue weighted by Crippen LogP contribution is -2.05. The minimum absolute atomic E-state index is 0.524. The van der Waals surface area contributed by atoms with E-state index >= 15 is 0 Å². The summed E-state index contributed by atoms with van der Waals surface area (Å²) in [5.74, 6) is 0.524. The monoisotopic (exact) mass is 229 g/mol. The molecule has 1 heterocycles. The topological polar surface area (TPSA) is 25.2 Å². The van der Waals surface area contributed by atoms with Gasteiger partial charge in [0.2, 0.25) is 0 Å². The van der Waals surface area contributed by atoms with E-state index < -0.39 is 6.10 Å². The maximum absolute atomic E-state index is 10.3. The number of hydrogen-bond donors (Lipinski definition) is 1. The lowest BCUT2D eigenvalue weighted by atomic mass is 9.99. The molecule has 0 aliphatic rings. The van der Waals surface area contributed by atoms with Gasteiger partial charge in [-0.15, -0.1) is 0 Å². The Morgan fingerprint density at radius 1 is 1.00 bits per heavy atom. The zero-order valence-electron chi connectivity index (χ0n) is 10.6. The van der Waals surface area contributed by atoms with Gasteiger partial charge in [0, 0.05) is 13.2 Å². The van der Waals surface area contributed by atoms with Gasteiger partial charge in [-0.3, -0.25) is 0 Å². The van der Waals surface area contributed by atoms with Crippen molar-refractivity contribution in [2.75, 3.05) is 0 Å². The van der Waals surface area contributed by atoms with Crippen LogP contribution in [0.25, 0.3) is 0 Å². The molecule has 2 nitrogen and oxygen atoms in total. The summed E-state index contributed by atoms with van der Waals surface area (Å²) in [5, 5.41) is 10.3. The molecule has 0 saturated heterocycles. The molecule has 17 heavy (non-hydrogen) atoms. The first-order chi connectivity index (χ1) is 8.09. The van der Waals surface area contributed by atoms with Crippen molar-refractivity contribution in [2.24, 2.45) is 7.05 Å². The number of aromatic nitrogens is 1. The van der Waals surface area contributed by atoms with Crippen LogP contribution in [0.5, 0.6) is 0 Å². The molecule has 1 aromatic carbocycles. The van der Waals surface area contributed by atoms with E-state index in [1.165, 1.54) is 5.56 Å². The summed E-state index contributed by atoms with van der Waals surface area (Å²) in [6.07, 6.45) is 1.40. The Balaban J connectivity index is 2.26. The van der Waals surface area contributed by atoms with Crippen LogP contribution in [0.4, 0.5) is 0 Å². The number of benzene rings is 1. The number of rotatable bonds is 3. The standard InChI is InChI=1S/C15H19NO/c1-11(2)12-6-8-13(9-7-12)15(17)14-5-4-10-16(14)3/h4-11,15,17H,1-3H3/t15-/m0/s1. The predicted octanol–water partition coefficient (Wildman–Crippen LogP) is 3.23. The molecule has 0 amide bonds. The summed E-state index contributed by atoms with van der Waals surface area (Å²) in [6, 6.07) is 12.1. The molecule has 2 heteroatoms. The Morgan fingerprint density at radius 3 is 2.06 bits per heavy atom. The van der Waals surface area contributed by atoms with E-state index in [0.717, 1.165) is 11.3 Å². The second-order valence-electron chi connectivity index (χ2n) is 4.77. The van der Waals surface area contributed by atoms with E-state index in [9.17, 15) is 5.11 Å². The third kappa shape index (κ3) is 2.42. The number of hydrogen-bond acceptors (Lipinski definition) is 1. The highest BCUT2D eigenvalue weighted by molar-refractivity contribution is 5.30.